The van der Waals surface area contributed by atoms with Crippen molar-refractivity contribution in [1.82, 2.24) is 4.98 Å². The summed E-state index contributed by atoms with van der Waals surface area (Å²) in [5.41, 5.74) is 3.37. The van der Waals surface area contributed by atoms with Gasteiger partial charge in [0.25, 0.3) is 5.91 Å². The first kappa shape index (κ1) is 21.7. The number of pyridine rings is 1. The molecule has 1 N–H and O–H groups in total. The van der Waals surface area contributed by atoms with Gasteiger partial charge in [-0.25, -0.2) is 4.98 Å². The number of nitrogens with zero attached hydrogens (tertiary/aromatic N) is 3. The fraction of sp³-hybridized carbons (Fsp3) is 0.269. The van der Waals surface area contributed by atoms with Crippen LogP contribution in [-0.4, -0.2) is 37.6 Å². The number of hydrogen-bond acceptors (Lipinski definition) is 5. The number of rotatable bonds is 7. The number of benzene rings is 2. The summed E-state index contributed by atoms with van der Waals surface area (Å²) in [5.74, 6) is 1.43. The molecule has 2 aromatic carbocycles. The minimum atomic E-state index is -0.146. The maximum atomic E-state index is 13.5. The van der Waals surface area contributed by atoms with E-state index in [1.165, 1.54) is 0 Å². The van der Waals surface area contributed by atoms with E-state index >= 15 is 0 Å². The van der Waals surface area contributed by atoms with E-state index in [1.54, 1.807) is 11.1 Å². The molecular formula is C26H29N4O2. The van der Waals surface area contributed by atoms with E-state index in [4.69, 9.17) is 4.74 Å². The quantitative estimate of drug-likeness (QED) is 0.576. The summed E-state index contributed by atoms with van der Waals surface area (Å²) in [7, 11) is 2.00. The molecule has 0 spiro atoms. The Morgan fingerprint density at radius 2 is 1.94 bits per heavy atom. The molecule has 0 bridgehead atoms. The Kier molecular flexibility index (Phi) is 6.59. The van der Waals surface area contributed by atoms with Gasteiger partial charge in [0.15, 0.2) is 0 Å². The van der Waals surface area contributed by atoms with Crippen LogP contribution >= 0.6 is 0 Å². The van der Waals surface area contributed by atoms with Gasteiger partial charge < -0.3 is 19.9 Å². The van der Waals surface area contributed by atoms with Crippen molar-refractivity contribution in [2.75, 3.05) is 41.8 Å². The van der Waals surface area contributed by atoms with Crippen molar-refractivity contribution in [3.05, 3.63) is 84.9 Å². The summed E-state index contributed by atoms with van der Waals surface area (Å²) in [4.78, 5) is 21.8. The number of carbonyl (C=O) groups is 1. The highest BCUT2D eigenvalue weighted by Crippen LogP contribution is 2.31. The Bertz CT molecular complexity index is 1070. The lowest BCUT2D eigenvalue weighted by Crippen LogP contribution is -2.33. The highest BCUT2D eigenvalue weighted by Gasteiger charge is 2.27. The summed E-state index contributed by atoms with van der Waals surface area (Å²) in [5, 5.41) is 3.22. The second kappa shape index (κ2) is 9.73. The van der Waals surface area contributed by atoms with Crippen LogP contribution in [0.2, 0.25) is 0 Å². The van der Waals surface area contributed by atoms with E-state index in [2.05, 4.69) is 22.1 Å². The number of ether oxygens (including phenoxy) is 1. The van der Waals surface area contributed by atoms with Gasteiger partial charge in [0.1, 0.15) is 17.7 Å². The molecule has 1 amide bonds. The number of anilines is 3. The molecule has 1 aliphatic heterocycles. The van der Waals surface area contributed by atoms with Gasteiger partial charge in [0.2, 0.25) is 0 Å². The zero-order valence-electron chi connectivity index (χ0n) is 18.6. The molecule has 1 aromatic heterocycles. The summed E-state index contributed by atoms with van der Waals surface area (Å²) in [6.45, 7) is 8.13. The highest BCUT2D eigenvalue weighted by molar-refractivity contribution is 6.10. The molecule has 6 heteroatoms. The van der Waals surface area contributed by atoms with Crippen molar-refractivity contribution in [3.63, 3.8) is 0 Å². The molecule has 1 unspecified atom stereocenters. The molecule has 2 heterocycles. The van der Waals surface area contributed by atoms with Crippen LogP contribution in [0.15, 0.2) is 66.9 Å². The number of carbonyl (C=O) groups excluding carboxylic acids is 1. The Balaban J connectivity index is 1.60. The van der Waals surface area contributed by atoms with E-state index in [0.717, 1.165) is 29.3 Å². The Hall–Kier alpha value is -3.54. The first-order valence-corrected chi connectivity index (χ1v) is 11.0. The Labute approximate surface area is 189 Å². The zero-order valence-corrected chi connectivity index (χ0v) is 18.6. The molecule has 165 valence electrons. The summed E-state index contributed by atoms with van der Waals surface area (Å²) < 4.78 is 6.25. The van der Waals surface area contributed by atoms with Crippen molar-refractivity contribution in [2.45, 2.75) is 19.4 Å². The summed E-state index contributed by atoms with van der Waals surface area (Å²) >= 11 is 0. The van der Waals surface area contributed by atoms with Crippen molar-refractivity contribution >= 4 is 23.1 Å². The third-order valence-electron chi connectivity index (χ3n) is 5.63. The maximum absolute atomic E-state index is 13.5. The molecule has 3 aromatic rings. The highest BCUT2D eigenvalue weighted by atomic mass is 16.5. The van der Waals surface area contributed by atoms with Gasteiger partial charge in [-0.2, -0.15) is 0 Å². The van der Waals surface area contributed by atoms with Crippen molar-refractivity contribution in [1.29, 1.82) is 0 Å². The molecular weight excluding hydrogens is 400 g/mol. The number of fused-ring (bicyclic) bond motifs is 1. The van der Waals surface area contributed by atoms with Gasteiger partial charge >= 0.3 is 0 Å². The van der Waals surface area contributed by atoms with E-state index in [1.807, 2.05) is 74.6 Å². The van der Waals surface area contributed by atoms with E-state index in [0.29, 0.717) is 30.8 Å². The average molecular weight is 430 g/mol. The lowest BCUT2D eigenvalue weighted by atomic mass is 10.1. The molecule has 0 saturated carbocycles. The van der Waals surface area contributed by atoms with E-state index < -0.39 is 0 Å². The van der Waals surface area contributed by atoms with E-state index in [9.17, 15) is 4.79 Å². The van der Waals surface area contributed by atoms with Crippen LogP contribution in [0.3, 0.4) is 0 Å². The first-order valence-electron chi connectivity index (χ1n) is 11.0. The van der Waals surface area contributed by atoms with Crippen LogP contribution in [0.4, 0.5) is 17.2 Å². The molecule has 0 aliphatic carbocycles. The third-order valence-corrected chi connectivity index (χ3v) is 5.63. The smallest absolute Gasteiger partial charge is 0.262 e. The summed E-state index contributed by atoms with van der Waals surface area (Å²) in [6, 6.07) is 19.7. The molecule has 0 fully saturated rings. The Morgan fingerprint density at radius 1 is 1.12 bits per heavy atom. The second-order valence-electron chi connectivity index (χ2n) is 7.80. The largest absolute Gasteiger partial charge is 0.486 e. The maximum Gasteiger partial charge on any atom is 0.262 e. The lowest BCUT2D eigenvalue weighted by Gasteiger charge is -2.23. The minimum absolute atomic E-state index is 0.0613. The Morgan fingerprint density at radius 3 is 2.69 bits per heavy atom. The van der Waals surface area contributed by atoms with Gasteiger partial charge in [-0.05, 0) is 38.0 Å². The topological polar surface area (TPSA) is 57.7 Å². The van der Waals surface area contributed by atoms with Crippen LogP contribution in [0, 0.1) is 6.92 Å². The van der Waals surface area contributed by atoms with E-state index in [-0.39, 0.29) is 12.0 Å². The average Bonchev–Trinajstić information content (AvgIpc) is 2.95. The van der Waals surface area contributed by atoms with Gasteiger partial charge in [-0.1, -0.05) is 36.4 Å². The third kappa shape index (κ3) is 4.54. The fourth-order valence-corrected chi connectivity index (χ4v) is 3.92. The first-order chi connectivity index (χ1) is 15.6. The minimum Gasteiger partial charge on any atom is -0.486 e. The molecule has 32 heavy (non-hydrogen) atoms. The number of hydrogen-bond donors (Lipinski definition) is 1. The number of likely N-dealkylation sites (N-methyl/N-ethyl adjacent to an activating group) is 1. The second-order valence-corrected chi connectivity index (χ2v) is 7.80. The van der Waals surface area contributed by atoms with Gasteiger partial charge in [-0.3, -0.25) is 4.79 Å². The van der Waals surface area contributed by atoms with Crippen LogP contribution in [0.1, 0.15) is 35.4 Å². The van der Waals surface area contributed by atoms with Crippen molar-refractivity contribution in [2.24, 2.45) is 0 Å². The normalized spacial score (nSPS) is 14.5. The summed E-state index contributed by atoms with van der Waals surface area (Å²) in [6.07, 6.45) is 2.13. The van der Waals surface area contributed by atoms with Gasteiger partial charge in [0, 0.05) is 50.7 Å². The SMILES string of the molecule is [CH2]CC(Oc1cccc(N2CCN(C)c3cc(NCC)ncc3C2=O)c1)c1ccccc1. The van der Waals surface area contributed by atoms with Gasteiger partial charge in [-0.15, -0.1) is 0 Å². The van der Waals surface area contributed by atoms with Gasteiger partial charge in [0.05, 0.1) is 11.3 Å². The molecule has 6 nitrogen and oxygen atoms in total. The fourth-order valence-electron chi connectivity index (χ4n) is 3.92. The molecule has 4 rings (SSSR count). The zero-order chi connectivity index (χ0) is 22.5. The van der Waals surface area contributed by atoms with Crippen LogP contribution < -0.4 is 19.9 Å². The predicted molar refractivity (Wildman–Crippen MR) is 130 cm³/mol. The molecule has 1 atom stereocenters. The van der Waals surface area contributed by atoms with Crippen molar-refractivity contribution in [3.8, 4) is 5.75 Å². The lowest BCUT2D eigenvalue weighted by molar-refractivity contribution is 0.0990. The van der Waals surface area contributed by atoms with Crippen LogP contribution in [0.5, 0.6) is 5.75 Å². The van der Waals surface area contributed by atoms with Crippen LogP contribution in [0.25, 0.3) is 0 Å². The number of amides is 1. The standard InChI is InChI=1S/C26H29N4O2/c1-4-24(19-10-7-6-8-11-19)32-21-13-9-12-20(16-21)30-15-14-29(3)23-17-25(27-5-2)28-18-22(23)26(30)31/h6-13,16-18,24H,1,4-5,14-15H2,2-3H3,(H,27,28). The number of nitrogens with one attached hydrogen (secondary N) is 1. The molecule has 0 saturated heterocycles. The predicted octanol–water partition coefficient (Wildman–Crippen LogP) is 4.95. The number of aromatic nitrogens is 1. The molecule has 1 radical (unpaired) electrons. The monoisotopic (exact) mass is 429 g/mol. The molecule has 1 aliphatic rings. The van der Waals surface area contributed by atoms with Crippen molar-refractivity contribution < 1.29 is 9.53 Å². The van der Waals surface area contributed by atoms with Crippen LogP contribution in [-0.2, 0) is 0 Å².